The number of likely N-dealkylation sites (tertiary alicyclic amines) is 1. The zero-order valence-corrected chi connectivity index (χ0v) is 12.6. The van der Waals surface area contributed by atoms with E-state index in [0.717, 1.165) is 45.3 Å². The summed E-state index contributed by atoms with van der Waals surface area (Å²) in [4.78, 5) is 15.0. The van der Waals surface area contributed by atoms with Gasteiger partial charge in [-0.05, 0) is 44.1 Å². The van der Waals surface area contributed by atoms with Crippen molar-refractivity contribution in [3.05, 3.63) is 0 Å². The molecule has 110 valence electrons. The highest BCUT2D eigenvalue weighted by molar-refractivity contribution is 5.87. The van der Waals surface area contributed by atoms with Gasteiger partial charge in [0.2, 0.25) is 5.91 Å². The first-order valence-corrected chi connectivity index (χ1v) is 7.52. The molecule has 0 aliphatic carbocycles. The molecule has 0 spiro atoms. The Labute approximate surface area is 116 Å². The summed E-state index contributed by atoms with van der Waals surface area (Å²) in [6.07, 6.45) is 5.49. The molecule has 4 heteroatoms. The smallest absolute Gasteiger partial charge is 0.245 e. The van der Waals surface area contributed by atoms with Gasteiger partial charge in [0, 0.05) is 20.2 Å². The van der Waals surface area contributed by atoms with Crippen LogP contribution in [0.2, 0.25) is 0 Å². The monoisotopic (exact) mass is 268 g/mol. The third-order valence-corrected chi connectivity index (χ3v) is 4.48. The number of hydrogen-bond acceptors (Lipinski definition) is 3. The number of piperidine rings is 2. The Kier molecular flexibility index (Phi) is 4.51. The molecule has 2 heterocycles. The van der Waals surface area contributed by atoms with Crippen LogP contribution >= 0.6 is 0 Å². The van der Waals surface area contributed by atoms with Gasteiger partial charge in [-0.2, -0.15) is 0 Å². The van der Waals surface area contributed by atoms with Crippen LogP contribution in [-0.4, -0.2) is 49.7 Å². The molecule has 0 aromatic rings. The van der Waals surface area contributed by atoms with Crippen LogP contribution in [0, 0.1) is 5.41 Å². The molecule has 0 aromatic heterocycles. The summed E-state index contributed by atoms with van der Waals surface area (Å²) in [5, 5.41) is 3.44. The summed E-state index contributed by atoms with van der Waals surface area (Å²) in [5.74, 6) is 0.252. The molecule has 2 rings (SSSR count). The normalized spacial score (nSPS) is 31.2. The van der Waals surface area contributed by atoms with Crippen molar-refractivity contribution in [2.75, 3.05) is 33.4 Å². The first kappa shape index (κ1) is 14.8. The molecule has 2 aliphatic heterocycles. The van der Waals surface area contributed by atoms with Gasteiger partial charge in [0.25, 0.3) is 0 Å². The molecule has 2 aliphatic rings. The van der Waals surface area contributed by atoms with E-state index in [9.17, 15) is 4.79 Å². The Morgan fingerprint density at radius 3 is 2.63 bits per heavy atom. The van der Waals surface area contributed by atoms with E-state index < -0.39 is 5.54 Å². The van der Waals surface area contributed by atoms with Gasteiger partial charge in [-0.1, -0.05) is 13.8 Å². The topological polar surface area (TPSA) is 41.6 Å². The number of nitrogens with one attached hydrogen (secondary N) is 1. The van der Waals surface area contributed by atoms with Crippen molar-refractivity contribution in [1.82, 2.24) is 10.2 Å². The fraction of sp³-hybridized carbons (Fsp3) is 0.933. The summed E-state index contributed by atoms with van der Waals surface area (Å²) in [7, 11) is 1.69. The number of carbonyl (C=O) groups excluding carboxylic acids is 1. The molecular formula is C15H28N2O2. The molecule has 0 bridgehead atoms. The second-order valence-electron chi connectivity index (χ2n) is 6.89. The fourth-order valence-corrected chi connectivity index (χ4v) is 3.48. The van der Waals surface area contributed by atoms with Crippen LogP contribution in [0.1, 0.15) is 46.0 Å². The van der Waals surface area contributed by atoms with Crippen molar-refractivity contribution in [2.45, 2.75) is 51.5 Å². The van der Waals surface area contributed by atoms with Gasteiger partial charge in [0.15, 0.2) is 0 Å². The van der Waals surface area contributed by atoms with E-state index in [2.05, 4.69) is 24.1 Å². The Morgan fingerprint density at radius 1 is 1.26 bits per heavy atom. The maximum absolute atomic E-state index is 12.9. The minimum absolute atomic E-state index is 0.247. The van der Waals surface area contributed by atoms with Crippen molar-refractivity contribution in [3.63, 3.8) is 0 Å². The van der Waals surface area contributed by atoms with Crippen LogP contribution in [0.5, 0.6) is 0 Å². The lowest BCUT2D eigenvalue weighted by Gasteiger charge is -2.44. The van der Waals surface area contributed by atoms with E-state index >= 15 is 0 Å². The highest BCUT2D eigenvalue weighted by Gasteiger charge is 2.43. The van der Waals surface area contributed by atoms with Crippen molar-refractivity contribution in [1.29, 1.82) is 0 Å². The van der Waals surface area contributed by atoms with Crippen molar-refractivity contribution >= 4 is 5.91 Å². The van der Waals surface area contributed by atoms with Gasteiger partial charge in [-0.3, -0.25) is 4.79 Å². The number of carbonyl (C=O) groups is 1. The maximum atomic E-state index is 12.9. The first-order chi connectivity index (χ1) is 8.99. The van der Waals surface area contributed by atoms with Crippen molar-refractivity contribution < 1.29 is 9.53 Å². The van der Waals surface area contributed by atoms with Gasteiger partial charge < -0.3 is 15.0 Å². The van der Waals surface area contributed by atoms with Crippen molar-refractivity contribution in [3.8, 4) is 0 Å². The Bertz CT molecular complexity index is 317. The van der Waals surface area contributed by atoms with Crippen LogP contribution in [0.25, 0.3) is 0 Å². The predicted octanol–water partition coefficient (Wildman–Crippen LogP) is 1.79. The van der Waals surface area contributed by atoms with Crippen molar-refractivity contribution in [2.24, 2.45) is 5.41 Å². The number of rotatable bonds is 3. The molecule has 19 heavy (non-hydrogen) atoms. The fourth-order valence-electron chi connectivity index (χ4n) is 3.48. The summed E-state index contributed by atoms with van der Waals surface area (Å²) < 4.78 is 5.34. The number of amides is 1. The average Bonchev–Trinajstić information content (AvgIpc) is 2.38. The van der Waals surface area contributed by atoms with E-state index in [4.69, 9.17) is 4.74 Å². The highest BCUT2D eigenvalue weighted by atomic mass is 16.5. The van der Waals surface area contributed by atoms with Crippen LogP contribution in [0.4, 0.5) is 0 Å². The van der Waals surface area contributed by atoms with E-state index in [0.29, 0.717) is 6.61 Å². The Balaban J connectivity index is 2.10. The standard InChI is InChI=1S/C15H28N2O2/c1-14(2)7-6-10-17(11-14)13(18)15(12-19-3)8-4-5-9-16-15/h16H,4-12H2,1-3H3. The van der Waals surface area contributed by atoms with Gasteiger partial charge in [-0.25, -0.2) is 0 Å². The van der Waals surface area contributed by atoms with E-state index in [1.807, 2.05) is 0 Å². The molecule has 2 saturated heterocycles. The third kappa shape index (κ3) is 3.29. The lowest BCUT2D eigenvalue weighted by Crippen LogP contribution is -2.64. The highest BCUT2D eigenvalue weighted by Crippen LogP contribution is 2.31. The number of ether oxygens (including phenoxy) is 1. The number of hydrogen-bond donors (Lipinski definition) is 1. The molecule has 0 radical (unpaired) electrons. The van der Waals surface area contributed by atoms with Crippen LogP contribution in [0.3, 0.4) is 0 Å². The molecule has 2 fully saturated rings. The SMILES string of the molecule is COCC1(C(=O)N2CCCC(C)(C)C2)CCCCN1. The summed E-state index contributed by atoms with van der Waals surface area (Å²) in [6, 6.07) is 0. The second kappa shape index (κ2) is 5.80. The minimum atomic E-state index is -0.472. The molecule has 4 nitrogen and oxygen atoms in total. The average molecular weight is 268 g/mol. The summed E-state index contributed by atoms with van der Waals surface area (Å²) >= 11 is 0. The first-order valence-electron chi connectivity index (χ1n) is 7.52. The molecule has 1 unspecified atom stereocenters. The molecule has 0 aromatic carbocycles. The van der Waals surface area contributed by atoms with Crippen LogP contribution < -0.4 is 5.32 Å². The lowest BCUT2D eigenvalue weighted by molar-refractivity contribution is -0.145. The van der Waals surface area contributed by atoms with Gasteiger partial charge in [0.1, 0.15) is 5.54 Å². The number of methoxy groups -OCH3 is 1. The Morgan fingerprint density at radius 2 is 2.05 bits per heavy atom. The lowest BCUT2D eigenvalue weighted by atomic mass is 9.82. The maximum Gasteiger partial charge on any atom is 0.245 e. The molecule has 1 atom stereocenters. The quantitative estimate of drug-likeness (QED) is 0.848. The molecular weight excluding hydrogens is 240 g/mol. The van der Waals surface area contributed by atoms with Gasteiger partial charge in [0.05, 0.1) is 6.61 Å². The second-order valence-corrected chi connectivity index (χ2v) is 6.89. The van der Waals surface area contributed by atoms with E-state index in [-0.39, 0.29) is 11.3 Å². The summed E-state index contributed by atoms with van der Waals surface area (Å²) in [6.45, 7) is 7.69. The number of nitrogens with zero attached hydrogens (tertiary/aromatic N) is 1. The van der Waals surface area contributed by atoms with E-state index in [1.165, 1.54) is 6.42 Å². The van der Waals surface area contributed by atoms with Crippen LogP contribution in [-0.2, 0) is 9.53 Å². The predicted molar refractivity (Wildman–Crippen MR) is 76.1 cm³/mol. The Hall–Kier alpha value is -0.610. The minimum Gasteiger partial charge on any atom is -0.382 e. The molecule has 0 saturated carbocycles. The van der Waals surface area contributed by atoms with E-state index in [1.54, 1.807) is 7.11 Å². The largest absolute Gasteiger partial charge is 0.382 e. The third-order valence-electron chi connectivity index (χ3n) is 4.48. The summed E-state index contributed by atoms with van der Waals surface area (Å²) in [5.41, 5.74) is -0.225. The zero-order valence-electron chi connectivity index (χ0n) is 12.6. The zero-order chi connectivity index (χ0) is 13.9. The van der Waals surface area contributed by atoms with Gasteiger partial charge >= 0.3 is 0 Å². The van der Waals surface area contributed by atoms with Crippen LogP contribution in [0.15, 0.2) is 0 Å². The molecule has 1 N–H and O–H groups in total. The molecule has 1 amide bonds. The van der Waals surface area contributed by atoms with Gasteiger partial charge in [-0.15, -0.1) is 0 Å².